The van der Waals surface area contributed by atoms with Gasteiger partial charge in [-0.3, -0.25) is 4.79 Å². The van der Waals surface area contributed by atoms with Crippen LogP contribution >= 0.6 is 0 Å². The number of benzene rings is 3. The van der Waals surface area contributed by atoms with Crippen molar-refractivity contribution >= 4 is 22.6 Å². The molecule has 0 saturated heterocycles. The van der Waals surface area contributed by atoms with Crippen molar-refractivity contribution < 1.29 is 37.3 Å². The zero-order valence-electron chi connectivity index (χ0n) is 17.9. The number of anilines is 1. The van der Waals surface area contributed by atoms with Gasteiger partial charge in [0.05, 0.1) is 28.9 Å². The van der Waals surface area contributed by atoms with Crippen LogP contribution in [0.3, 0.4) is 0 Å². The van der Waals surface area contributed by atoms with E-state index in [-0.39, 0.29) is 40.5 Å². The molecule has 0 aliphatic heterocycles. The van der Waals surface area contributed by atoms with Gasteiger partial charge in [-0.2, -0.15) is 13.2 Å². The highest BCUT2D eigenvalue weighted by Crippen LogP contribution is 2.37. The highest BCUT2D eigenvalue weighted by molar-refractivity contribution is 6.12. The molecule has 4 rings (SSSR count). The summed E-state index contributed by atoms with van der Waals surface area (Å²) in [5, 5.41) is 21.1. The second kappa shape index (κ2) is 9.72. The van der Waals surface area contributed by atoms with Gasteiger partial charge >= 0.3 is 6.18 Å². The summed E-state index contributed by atoms with van der Waals surface area (Å²) in [6.07, 6.45) is -5.92. The topological polar surface area (TPSA) is 107 Å². The number of aliphatic hydroxyl groups is 2. The van der Waals surface area contributed by atoms with E-state index in [4.69, 9.17) is 9.84 Å². The fourth-order valence-corrected chi connectivity index (χ4v) is 3.42. The first-order valence-electron chi connectivity index (χ1n) is 10.4. The molecule has 0 aliphatic rings. The number of para-hydroxylation sites is 3. The van der Waals surface area contributed by atoms with Gasteiger partial charge in [-0.15, -0.1) is 0 Å². The number of nitrogens with zero attached hydrogens (tertiary/aromatic N) is 1. The number of carbonyl (C=O) groups is 1. The number of aliphatic hydroxyl groups excluding tert-OH is 2. The van der Waals surface area contributed by atoms with E-state index in [1.807, 2.05) is 0 Å². The van der Waals surface area contributed by atoms with Crippen molar-refractivity contribution in [3.63, 3.8) is 0 Å². The molecule has 0 spiro atoms. The summed E-state index contributed by atoms with van der Waals surface area (Å²) < 4.78 is 59.4. The average molecular weight is 489 g/mol. The van der Waals surface area contributed by atoms with E-state index < -0.39 is 36.2 Å². The Morgan fingerprint density at radius 2 is 1.89 bits per heavy atom. The molecule has 4 N–H and O–H groups in total. The largest absolute Gasteiger partial charge is 0.489 e. The van der Waals surface area contributed by atoms with Gasteiger partial charge in [0.1, 0.15) is 35.6 Å². The van der Waals surface area contributed by atoms with Crippen LogP contribution in [-0.4, -0.2) is 45.4 Å². The second-order valence-corrected chi connectivity index (χ2v) is 7.57. The summed E-state index contributed by atoms with van der Waals surface area (Å²) in [6.45, 7) is -0.705. The van der Waals surface area contributed by atoms with Gasteiger partial charge in [0.25, 0.3) is 5.91 Å². The zero-order valence-corrected chi connectivity index (χ0v) is 17.9. The quantitative estimate of drug-likeness (QED) is 0.289. The molecule has 0 fully saturated rings. The van der Waals surface area contributed by atoms with Gasteiger partial charge in [0.15, 0.2) is 0 Å². The van der Waals surface area contributed by atoms with E-state index in [1.165, 1.54) is 12.1 Å². The number of fused-ring (bicyclic) bond motifs is 1. The van der Waals surface area contributed by atoms with Crippen LogP contribution in [0.5, 0.6) is 5.75 Å². The number of rotatable bonds is 7. The Hall–Kier alpha value is -3.96. The summed E-state index contributed by atoms with van der Waals surface area (Å²) in [5.41, 5.74) is -0.784. The van der Waals surface area contributed by atoms with E-state index in [2.05, 4.69) is 15.3 Å². The first kappa shape index (κ1) is 24.2. The summed E-state index contributed by atoms with van der Waals surface area (Å²) in [4.78, 5) is 20.0. The number of alkyl halides is 3. The lowest BCUT2D eigenvalue weighted by Gasteiger charge is -2.14. The van der Waals surface area contributed by atoms with Gasteiger partial charge in [0, 0.05) is 5.56 Å². The maximum atomic E-state index is 13.5. The van der Waals surface area contributed by atoms with Crippen LogP contribution in [0.4, 0.5) is 23.2 Å². The third kappa shape index (κ3) is 5.26. The number of hydrogen-bond acceptors (Lipinski definition) is 5. The summed E-state index contributed by atoms with van der Waals surface area (Å²) in [7, 11) is 0. The van der Waals surface area contributed by atoms with E-state index in [0.717, 1.165) is 12.1 Å². The predicted octanol–water partition coefficient (Wildman–Crippen LogP) is 4.37. The molecule has 0 bridgehead atoms. The lowest BCUT2D eigenvalue weighted by molar-refractivity contribution is -0.137. The van der Waals surface area contributed by atoms with E-state index >= 15 is 0 Å². The highest BCUT2D eigenvalue weighted by Gasteiger charge is 2.35. The number of H-pyrrole nitrogens is 1. The fraction of sp³-hybridized carbons (Fsp3) is 0.167. The van der Waals surface area contributed by atoms with Crippen LogP contribution in [0.1, 0.15) is 15.9 Å². The SMILES string of the molecule is O=C(Nc1ccccc1OCC(O)CO)c1cccc2[nH]c(-c3ccc(F)cc3C(F)(F)F)nc12. The molecule has 0 aliphatic carbocycles. The molecular weight excluding hydrogens is 470 g/mol. The molecule has 35 heavy (non-hydrogen) atoms. The van der Waals surface area contributed by atoms with E-state index in [1.54, 1.807) is 30.3 Å². The first-order valence-corrected chi connectivity index (χ1v) is 10.4. The number of aromatic amines is 1. The zero-order chi connectivity index (χ0) is 25.2. The lowest BCUT2D eigenvalue weighted by atomic mass is 10.1. The molecule has 7 nitrogen and oxygen atoms in total. The fourth-order valence-electron chi connectivity index (χ4n) is 3.42. The monoisotopic (exact) mass is 489 g/mol. The molecule has 1 amide bonds. The molecular formula is C24H19F4N3O4. The smallest absolute Gasteiger partial charge is 0.417 e. The van der Waals surface area contributed by atoms with Crippen molar-refractivity contribution in [3.8, 4) is 17.1 Å². The third-order valence-corrected chi connectivity index (χ3v) is 5.08. The predicted molar refractivity (Wildman–Crippen MR) is 119 cm³/mol. The Balaban J connectivity index is 1.68. The Bertz CT molecular complexity index is 1370. The third-order valence-electron chi connectivity index (χ3n) is 5.08. The minimum Gasteiger partial charge on any atom is -0.489 e. The van der Waals surface area contributed by atoms with Crippen molar-refractivity contribution in [1.82, 2.24) is 9.97 Å². The van der Waals surface area contributed by atoms with Crippen molar-refractivity contribution in [2.45, 2.75) is 12.3 Å². The van der Waals surface area contributed by atoms with E-state index in [9.17, 15) is 27.5 Å². The molecule has 0 radical (unpaired) electrons. The van der Waals surface area contributed by atoms with Crippen LogP contribution in [0.25, 0.3) is 22.4 Å². The average Bonchev–Trinajstić information content (AvgIpc) is 3.27. The van der Waals surface area contributed by atoms with Gasteiger partial charge < -0.3 is 25.3 Å². The molecule has 1 atom stereocenters. The number of halogens is 4. The number of nitrogens with one attached hydrogen (secondary N) is 2. The van der Waals surface area contributed by atoms with Crippen molar-refractivity contribution in [2.24, 2.45) is 0 Å². The van der Waals surface area contributed by atoms with Gasteiger partial charge in [-0.25, -0.2) is 9.37 Å². The Labute approximate surface area is 196 Å². The Kier molecular flexibility index (Phi) is 6.72. The van der Waals surface area contributed by atoms with Crippen LogP contribution in [0, 0.1) is 5.82 Å². The second-order valence-electron chi connectivity index (χ2n) is 7.57. The van der Waals surface area contributed by atoms with Gasteiger partial charge in [-0.05, 0) is 42.5 Å². The van der Waals surface area contributed by atoms with Crippen LogP contribution in [0.15, 0.2) is 60.7 Å². The first-order chi connectivity index (χ1) is 16.7. The van der Waals surface area contributed by atoms with Gasteiger partial charge in [-0.1, -0.05) is 18.2 Å². The minimum atomic E-state index is -4.82. The van der Waals surface area contributed by atoms with Crippen LogP contribution in [-0.2, 0) is 6.18 Å². The number of amides is 1. The molecule has 11 heteroatoms. The standard InChI is InChI=1S/C24H19F4N3O4/c25-13-8-9-15(17(10-13)24(26,27)28)22-29-19-6-3-4-16(21(19)31-22)23(34)30-18-5-1-2-7-20(18)35-12-14(33)11-32/h1-10,14,32-33H,11-12H2,(H,29,31)(H,30,34). The van der Waals surface area contributed by atoms with Gasteiger partial charge in [0.2, 0.25) is 0 Å². The minimum absolute atomic E-state index is 0.0749. The summed E-state index contributed by atoms with van der Waals surface area (Å²) >= 11 is 0. The Morgan fingerprint density at radius 3 is 2.63 bits per heavy atom. The number of ether oxygens (including phenoxy) is 1. The van der Waals surface area contributed by atoms with Crippen LogP contribution < -0.4 is 10.1 Å². The maximum Gasteiger partial charge on any atom is 0.417 e. The molecule has 1 unspecified atom stereocenters. The summed E-state index contributed by atoms with van der Waals surface area (Å²) in [6, 6.07) is 13.2. The highest BCUT2D eigenvalue weighted by atomic mass is 19.4. The normalized spacial score (nSPS) is 12.5. The number of imidazole rings is 1. The molecule has 0 saturated carbocycles. The number of aromatic nitrogens is 2. The summed E-state index contributed by atoms with van der Waals surface area (Å²) in [5.74, 6) is -1.58. The van der Waals surface area contributed by atoms with Crippen LogP contribution in [0.2, 0.25) is 0 Å². The molecule has 1 heterocycles. The molecule has 3 aromatic carbocycles. The Morgan fingerprint density at radius 1 is 1.11 bits per heavy atom. The molecule has 182 valence electrons. The molecule has 1 aromatic heterocycles. The van der Waals surface area contributed by atoms with Crippen molar-refractivity contribution in [3.05, 3.63) is 77.6 Å². The maximum absolute atomic E-state index is 13.5. The number of carbonyl (C=O) groups excluding carboxylic acids is 1. The van der Waals surface area contributed by atoms with Crippen molar-refractivity contribution in [1.29, 1.82) is 0 Å². The number of hydrogen-bond donors (Lipinski definition) is 4. The lowest BCUT2D eigenvalue weighted by Crippen LogP contribution is -2.22. The molecule has 4 aromatic rings. The van der Waals surface area contributed by atoms with E-state index in [0.29, 0.717) is 11.6 Å². The van der Waals surface area contributed by atoms with Crippen molar-refractivity contribution in [2.75, 3.05) is 18.5 Å².